The van der Waals surface area contributed by atoms with Gasteiger partial charge < -0.3 is 15.4 Å². The number of halogens is 2. The molecule has 1 heterocycles. The smallest absolute Gasteiger partial charge is 0.407 e. The number of carbonyl (C=O) groups is 1. The summed E-state index contributed by atoms with van der Waals surface area (Å²) in [6.07, 6.45) is 5.31. The monoisotopic (exact) mass is 418 g/mol. The van der Waals surface area contributed by atoms with Gasteiger partial charge in [-0.2, -0.15) is 4.98 Å². The number of hydrogen-bond donors (Lipinski definition) is 2. The molecule has 0 unspecified atom stereocenters. The van der Waals surface area contributed by atoms with Gasteiger partial charge in [0.15, 0.2) is 0 Å². The number of rotatable bonds is 4. The number of hydrogen-bond acceptors (Lipinski definition) is 5. The third-order valence-electron chi connectivity index (χ3n) is 3.84. The van der Waals surface area contributed by atoms with E-state index in [0.717, 1.165) is 36.7 Å². The van der Waals surface area contributed by atoms with Crippen LogP contribution in [0.2, 0.25) is 5.28 Å². The van der Waals surface area contributed by atoms with Gasteiger partial charge in [-0.15, -0.1) is 0 Å². The first-order chi connectivity index (χ1) is 11.2. The molecule has 0 aliphatic heterocycles. The molecular formula is C16H24BrClN4O2. The molecule has 2 N–H and O–H groups in total. The normalized spacial score (nSPS) is 21.2. The molecule has 0 saturated heterocycles. The fourth-order valence-corrected chi connectivity index (χ4v) is 3.16. The highest BCUT2D eigenvalue weighted by Gasteiger charge is 2.24. The van der Waals surface area contributed by atoms with Crippen molar-refractivity contribution in [1.29, 1.82) is 0 Å². The molecule has 8 heteroatoms. The average Bonchev–Trinajstić information content (AvgIpc) is 2.47. The molecule has 24 heavy (non-hydrogen) atoms. The molecule has 1 aromatic heterocycles. The lowest BCUT2D eigenvalue weighted by molar-refractivity contribution is 0.0488. The lowest BCUT2D eigenvalue weighted by Gasteiger charge is -2.30. The zero-order valence-electron chi connectivity index (χ0n) is 14.2. The first kappa shape index (κ1) is 19.2. The van der Waals surface area contributed by atoms with Gasteiger partial charge in [-0.25, -0.2) is 9.78 Å². The van der Waals surface area contributed by atoms with Crippen molar-refractivity contribution >= 4 is 39.4 Å². The highest BCUT2D eigenvalue weighted by molar-refractivity contribution is 9.10. The molecule has 1 saturated carbocycles. The van der Waals surface area contributed by atoms with Crippen molar-refractivity contribution in [2.45, 2.75) is 58.1 Å². The molecule has 2 rings (SSSR count). The molecule has 0 atom stereocenters. The summed E-state index contributed by atoms with van der Waals surface area (Å²) in [6, 6.07) is 0.191. The Bertz CT molecular complexity index is 572. The lowest BCUT2D eigenvalue weighted by Crippen LogP contribution is -2.41. The summed E-state index contributed by atoms with van der Waals surface area (Å²) in [5, 5.41) is 6.50. The summed E-state index contributed by atoms with van der Waals surface area (Å²) < 4.78 is 6.10. The third-order valence-corrected chi connectivity index (χ3v) is 4.60. The number of alkyl carbamates (subject to hydrolysis) is 1. The number of nitrogens with one attached hydrogen (secondary N) is 2. The summed E-state index contributed by atoms with van der Waals surface area (Å²) in [7, 11) is 0. The second kappa shape index (κ2) is 8.34. The van der Waals surface area contributed by atoms with Crippen molar-refractivity contribution < 1.29 is 9.53 Å². The summed E-state index contributed by atoms with van der Waals surface area (Å²) in [4.78, 5) is 19.9. The Morgan fingerprint density at radius 1 is 1.38 bits per heavy atom. The maximum absolute atomic E-state index is 11.8. The Labute approximate surface area is 156 Å². The highest BCUT2D eigenvalue weighted by atomic mass is 79.9. The van der Waals surface area contributed by atoms with Crippen molar-refractivity contribution in [3.63, 3.8) is 0 Å². The zero-order valence-corrected chi connectivity index (χ0v) is 16.6. The quantitative estimate of drug-likeness (QED) is 0.708. The Morgan fingerprint density at radius 2 is 2.04 bits per heavy atom. The molecule has 1 aromatic rings. The minimum absolute atomic E-state index is 0.191. The van der Waals surface area contributed by atoms with Crippen LogP contribution in [0.3, 0.4) is 0 Å². The molecule has 1 aliphatic carbocycles. The topological polar surface area (TPSA) is 76.1 Å². The van der Waals surface area contributed by atoms with Crippen molar-refractivity contribution in [1.82, 2.24) is 15.3 Å². The van der Waals surface area contributed by atoms with E-state index in [2.05, 4.69) is 36.5 Å². The van der Waals surface area contributed by atoms with E-state index in [1.807, 2.05) is 20.8 Å². The van der Waals surface area contributed by atoms with Crippen molar-refractivity contribution in [2.75, 3.05) is 11.9 Å². The number of aromatic nitrogens is 2. The molecule has 1 aliphatic rings. The van der Waals surface area contributed by atoms with Crippen LogP contribution in [0.5, 0.6) is 0 Å². The molecule has 1 fully saturated rings. The van der Waals surface area contributed by atoms with Gasteiger partial charge in [-0.1, -0.05) is 0 Å². The molecule has 0 spiro atoms. The predicted octanol–water partition coefficient (Wildman–Crippen LogP) is 4.39. The standard InChI is InChI=1S/C16H24BrClN4O2/c1-16(2,3)24-15(23)21-11-6-4-10(5-7-11)8-19-13-12(17)9-20-14(18)22-13/h9-11H,4-8H2,1-3H3,(H,21,23)(H,19,20,22)/t10-,11-. The third kappa shape index (κ3) is 6.43. The van der Waals surface area contributed by atoms with E-state index in [1.165, 1.54) is 0 Å². The van der Waals surface area contributed by atoms with Crippen LogP contribution in [0.25, 0.3) is 0 Å². The number of ether oxygens (including phenoxy) is 1. The van der Waals surface area contributed by atoms with Crippen molar-refractivity contribution in [2.24, 2.45) is 5.92 Å². The van der Waals surface area contributed by atoms with Crippen LogP contribution in [0, 0.1) is 5.92 Å². The van der Waals surface area contributed by atoms with Crippen molar-refractivity contribution in [3.8, 4) is 0 Å². The predicted molar refractivity (Wildman–Crippen MR) is 98.3 cm³/mol. The highest BCUT2D eigenvalue weighted by Crippen LogP contribution is 2.26. The Kier molecular flexibility index (Phi) is 6.69. The fraction of sp³-hybridized carbons (Fsp3) is 0.688. The number of amides is 1. The summed E-state index contributed by atoms with van der Waals surface area (Å²) >= 11 is 9.22. The van der Waals surface area contributed by atoms with E-state index < -0.39 is 5.60 Å². The van der Waals surface area contributed by atoms with Gasteiger partial charge in [0.05, 0.1) is 4.47 Å². The second-order valence-corrected chi connectivity index (χ2v) is 8.27. The van der Waals surface area contributed by atoms with Crippen LogP contribution in [0.1, 0.15) is 46.5 Å². The fourth-order valence-electron chi connectivity index (χ4n) is 2.70. The van der Waals surface area contributed by atoms with Gasteiger partial charge in [0.2, 0.25) is 5.28 Å². The van der Waals surface area contributed by atoms with Gasteiger partial charge in [0.25, 0.3) is 0 Å². The minimum atomic E-state index is -0.461. The zero-order chi connectivity index (χ0) is 17.7. The van der Waals surface area contributed by atoms with E-state index >= 15 is 0 Å². The van der Waals surface area contributed by atoms with Crippen LogP contribution in [-0.2, 0) is 4.74 Å². The Hall–Kier alpha value is -1.08. The number of nitrogens with zero attached hydrogens (tertiary/aromatic N) is 2. The van der Waals surface area contributed by atoms with E-state index in [4.69, 9.17) is 16.3 Å². The summed E-state index contributed by atoms with van der Waals surface area (Å²) in [6.45, 7) is 6.43. The Morgan fingerprint density at radius 3 is 2.67 bits per heavy atom. The van der Waals surface area contributed by atoms with Crippen LogP contribution in [0.15, 0.2) is 10.7 Å². The van der Waals surface area contributed by atoms with E-state index in [-0.39, 0.29) is 17.4 Å². The first-order valence-electron chi connectivity index (χ1n) is 8.14. The maximum Gasteiger partial charge on any atom is 0.407 e. The number of carbonyl (C=O) groups excluding carboxylic acids is 1. The van der Waals surface area contributed by atoms with Crippen molar-refractivity contribution in [3.05, 3.63) is 16.0 Å². The van der Waals surface area contributed by atoms with Gasteiger partial charge in [-0.05, 0) is 79.9 Å². The van der Waals surface area contributed by atoms with E-state index in [9.17, 15) is 4.79 Å². The van der Waals surface area contributed by atoms with E-state index in [0.29, 0.717) is 11.7 Å². The lowest BCUT2D eigenvalue weighted by atomic mass is 9.86. The summed E-state index contributed by atoms with van der Waals surface area (Å²) in [5.41, 5.74) is -0.461. The largest absolute Gasteiger partial charge is 0.444 e. The maximum atomic E-state index is 11.8. The molecule has 0 radical (unpaired) electrons. The first-order valence-corrected chi connectivity index (χ1v) is 9.31. The molecule has 1 amide bonds. The molecule has 0 aromatic carbocycles. The second-order valence-electron chi connectivity index (χ2n) is 7.08. The average molecular weight is 420 g/mol. The van der Waals surface area contributed by atoms with Crippen LogP contribution in [-0.4, -0.2) is 34.2 Å². The molecule has 0 bridgehead atoms. The van der Waals surface area contributed by atoms with Gasteiger partial charge in [-0.3, -0.25) is 0 Å². The SMILES string of the molecule is CC(C)(C)OC(=O)N[C@H]1CC[C@H](CNc2nc(Cl)ncc2Br)CC1. The number of anilines is 1. The molecule has 134 valence electrons. The summed E-state index contributed by atoms with van der Waals surface area (Å²) in [5.74, 6) is 1.26. The molecular weight excluding hydrogens is 396 g/mol. The van der Waals surface area contributed by atoms with Crippen LogP contribution < -0.4 is 10.6 Å². The van der Waals surface area contributed by atoms with Gasteiger partial charge >= 0.3 is 6.09 Å². The van der Waals surface area contributed by atoms with Gasteiger partial charge in [0, 0.05) is 18.8 Å². The van der Waals surface area contributed by atoms with E-state index in [1.54, 1.807) is 6.20 Å². The van der Waals surface area contributed by atoms with Crippen LogP contribution >= 0.6 is 27.5 Å². The van der Waals surface area contributed by atoms with Gasteiger partial charge in [0.1, 0.15) is 11.4 Å². The minimum Gasteiger partial charge on any atom is -0.444 e. The van der Waals surface area contributed by atoms with Crippen LogP contribution in [0.4, 0.5) is 10.6 Å². The Balaban J connectivity index is 1.73. The molecule has 6 nitrogen and oxygen atoms in total.